The fourth-order valence-electron chi connectivity index (χ4n) is 5.27. The number of methoxy groups -OCH3 is 2. The van der Waals surface area contributed by atoms with Gasteiger partial charge in [-0.3, -0.25) is 13.9 Å². The Morgan fingerprint density at radius 3 is 2.12 bits per heavy atom. The maximum Gasteiger partial charge on any atom is 0.264 e. The van der Waals surface area contributed by atoms with Gasteiger partial charge in [0.2, 0.25) is 11.8 Å². The van der Waals surface area contributed by atoms with Gasteiger partial charge in [-0.05, 0) is 80.4 Å². The van der Waals surface area contributed by atoms with Crippen molar-refractivity contribution in [1.29, 1.82) is 0 Å². The third-order valence-corrected chi connectivity index (χ3v) is 9.86. The molecule has 0 aliphatic rings. The number of nitrogens with one attached hydrogen (secondary N) is 1. The Morgan fingerprint density at radius 1 is 0.837 bits per heavy atom. The van der Waals surface area contributed by atoms with E-state index in [1.165, 1.54) is 37.3 Å². The molecule has 0 bridgehead atoms. The smallest absolute Gasteiger partial charge is 0.264 e. The first-order chi connectivity index (χ1) is 23.5. The van der Waals surface area contributed by atoms with Crippen LogP contribution in [-0.2, 0) is 32.6 Å². The van der Waals surface area contributed by atoms with E-state index in [0.29, 0.717) is 18.1 Å². The minimum atomic E-state index is -4.37. The molecule has 1 atom stereocenters. The van der Waals surface area contributed by atoms with Crippen molar-refractivity contribution in [3.8, 4) is 17.2 Å². The highest BCUT2D eigenvalue weighted by Crippen LogP contribution is 2.33. The van der Waals surface area contributed by atoms with E-state index in [1.54, 1.807) is 24.3 Å². The molecule has 0 radical (unpaired) electrons. The lowest BCUT2D eigenvalue weighted by atomic mass is 10.0. The summed E-state index contributed by atoms with van der Waals surface area (Å²) in [6.45, 7) is 5.43. The first-order valence-electron chi connectivity index (χ1n) is 15.8. The monoisotopic (exact) mass is 751 g/mol. The van der Waals surface area contributed by atoms with Crippen molar-refractivity contribution in [2.45, 2.75) is 50.7 Å². The fourth-order valence-corrected chi connectivity index (χ4v) is 7.15. The number of ether oxygens (including phenoxy) is 3. The number of benzene rings is 4. The first-order valence-corrected chi connectivity index (χ1v) is 18.1. The van der Waals surface area contributed by atoms with Crippen LogP contribution in [0.5, 0.6) is 17.2 Å². The van der Waals surface area contributed by atoms with Gasteiger partial charge in [0.25, 0.3) is 10.0 Å². The lowest BCUT2D eigenvalue weighted by Gasteiger charge is -2.34. The van der Waals surface area contributed by atoms with E-state index >= 15 is 0 Å². The summed E-state index contributed by atoms with van der Waals surface area (Å²) in [4.78, 5) is 29.9. The number of sulfonamides is 1. The zero-order valence-electron chi connectivity index (χ0n) is 28.3. The highest BCUT2D eigenvalue weighted by Gasteiger charge is 2.35. The molecule has 0 saturated heterocycles. The molecule has 49 heavy (non-hydrogen) atoms. The number of amides is 2. The van der Waals surface area contributed by atoms with Crippen molar-refractivity contribution in [1.82, 2.24) is 10.2 Å². The number of hydrogen-bond donors (Lipinski definition) is 1. The molecule has 4 rings (SSSR count). The predicted octanol–water partition coefficient (Wildman–Crippen LogP) is 6.23. The largest absolute Gasteiger partial charge is 0.494 e. The van der Waals surface area contributed by atoms with Crippen molar-refractivity contribution in [2.24, 2.45) is 0 Å². The molecule has 0 fully saturated rings. The van der Waals surface area contributed by atoms with Gasteiger partial charge in [-0.25, -0.2) is 8.42 Å². The normalized spacial score (nSPS) is 11.8. The Balaban J connectivity index is 1.84. The Hall–Kier alpha value is -4.55. The molecule has 260 valence electrons. The number of nitrogens with zero attached hydrogens (tertiary/aromatic N) is 2. The van der Waals surface area contributed by atoms with Crippen molar-refractivity contribution >= 4 is 43.5 Å². The molecule has 2 amide bonds. The minimum absolute atomic E-state index is 0.0504. The van der Waals surface area contributed by atoms with Gasteiger partial charge in [-0.15, -0.1) is 0 Å². The maximum absolute atomic E-state index is 14.7. The van der Waals surface area contributed by atoms with E-state index in [0.717, 1.165) is 19.9 Å². The molecule has 12 heteroatoms. The summed E-state index contributed by atoms with van der Waals surface area (Å²) in [6, 6.07) is 26.4. The summed E-state index contributed by atoms with van der Waals surface area (Å²) in [6.07, 6.45) is 0.213. The summed E-state index contributed by atoms with van der Waals surface area (Å²) in [7, 11) is -1.50. The second kappa shape index (κ2) is 17.2. The van der Waals surface area contributed by atoms with Crippen LogP contribution in [0.2, 0.25) is 0 Å². The van der Waals surface area contributed by atoms with Gasteiger partial charge in [0.15, 0.2) is 11.5 Å². The minimum Gasteiger partial charge on any atom is -0.494 e. The van der Waals surface area contributed by atoms with Crippen LogP contribution >= 0.6 is 15.9 Å². The van der Waals surface area contributed by atoms with Gasteiger partial charge in [-0.2, -0.15) is 0 Å². The van der Waals surface area contributed by atoms with E-state index in [1.807, 2.05) is 75.4 Å². The van der Waals surface area contributed by atoms with E-state index in [2.05, 4.69) is 21.2 Å². The average Bonchev–Trinajstić information content (AvgIpc) is 3.09. The number of anilines is 1. The second-order valence-corrected chi connectivity index (χ2v) is 14.3. The van der Waals surface area contributed by atoms with Crippen molar-refractivity contribution in [3.63, 3.8) is 0 Å². The van der Waals surface area contributed by atoms with E-state index in [9.17, 15) is 18.0 Å². The first kappa shape index (κ1) is 37.3. The fraction of sp³-hybridized carbons (Fsp3) is 0.297. The number of rotatable bonds is 16. The summed E-state index contributed by atoms with van der Waals surface area (Å²) in [5.74, 6) is 0.192. The summed E-state index contributed by atoms with van der Waals surface area (Å²) in [5.41, 5.74) is 1.84. The van der Waals surface area contributed by atoms with Crippen LogP contribution < -0.4 is 23.8 Å². The average molecular weight is 753 g/mol. The Labute approximate surface area is 297 Å². The van der Waals surface area contributed by atoms with E-state index in [4.69, 9.17) is 14.2 Å². The van der Waals surface area contributed by atoms with Crippen molar-refractivity contribution in [2.75, 3.05) is 31.7 Å². The van der Waals surface area contributed by atoms with Crippen LogP contribution in [0.1, 0.15) is 31.9 Å². The summed E-state index contributed by atoms with van der Waals surface area (Å²) < 4.78 is 47.1. The molecule has 0 heterocycles. The molecule has 1 N–H and O–H groups in total. The number of carbonyl (C=O) groups is 2. The molecular formula is C37H42BrN3O7S. The highest BCUT2D eigenvalue weighted by molar-refractivity contribution is 9.10. The molecule has 0 aromatic heterocycles. The van der Waals surface area contributed by atoms with Gasteiger partial charge < -0.3 is 24.4 Å². The topological polar surface area (TPSA) is 114 Å². The summed E-state index contributed by atoms with van der Waals surface area (Å²) >= 11 is 3.50. The third kappa shape index (κ3) is 9.76. The van der Waals surface area contributed by atoms with Crippen LogP contribution in [0.25, 0.3) is 0 Å². The molecule has 10 nitrogen and oxygen atoms in total. The lowest BCUT2D eigenvalue weighted by molar-refractivity contribution is -0.140. The van der Waals surface area contributed by atoms with Crippen molar-refractivity contribution < 1.29 is 32.2 Å². The van der Waals surface area contributed by atoms with Crippen LogP contribution in [0.15, 0.2) is 106 Å². The Kier molecular flexibility index (Phi) is 13.1. The molecule has 0 aliphatic carbocycles. The molecule has 4 aromatic carbocycles. The van der Waals surface area contributed by atoms with Crippen LogP contribution in [0.4, 0.5) is 5.69 Å². The van der Waals surface area contributed by atoms with E-state index in [-0.39, 0.29) is 41.2 Å². The maximum atomic E-state index is 14.7. The Bertz CT molecular complexity index is 1820. The van der Waals surface area contributed by atoms with Crippen LogP contribution in [0.3, 0.4) is 0 Å². The van der Waals surface area contributed by atoms with Crippen molar-refractivity contribution in [3.05, 3.63) is 113 Å². The lowest BCUT2D eigenvalue weighted by Crippen LogP contribution is -2.54. The SMILES string of the molecule is CCOc1ccc(N(CC(=O)N(Cc2cccc(Br)c2)[C@H](Cc2ccccc2)C(=O)NC(C)C)S(=O)(=O)c2ccc(OC)c(OC)c2)cc1. The predicted molar refractivity (Wildman–Crippen MR) is 194 cm³/mol. The number of halogens is 1. The standard InChI is InChI=1S/C37H42BrN3O7S/c1-6-48-31-17-15-30(16-18-31)41(49(44,45)32-19-20-34(46-4)35(23-32)47-5)25-36(42)40(24-28-13-10-14-29(38)21-28)33(37(43)39-26(2)3)22-27-11-8-7-9-12-27/h7-21,23,26,33H,6,22,24-25H2,1-5H3,(H,39,43)/t33-/m1/s1. The van der Waals surface area contributed by atoms with E-state index < -0.39 is 28.5 Å². The number of carbonyl (C=O) groups excluding carboxylic acids is 2. The number of hydrogen-bond acceptors (Lipinski definition) is 7. The zero-order valence-corrected chi connectivity index (χ0v) is 30.7. The van der Waals surface area contributed by atoms with Gasteiger partial charge in [0.1, 0.15) is 18.3 Å². The summed E-state index contributed by atoms with van der Waals surface area (Å²) in [5, 5.41) is 2.96. The highest BCUT2D eigenvalue weighted by atomic mass is 79.9. The van der Waals surface area contributed by atoms with Gasteiger partial charge >= 0.3 is 0 Å². The van der Waals surface area contributed by atoms with Gasteiger partial charge in [0.05, 0.1) is 31.4 Å². The molecule has 0 spiro atoms. The molecule has 0 saturated carbocycles. The molecular weight excluding hydrogens is 710 g/mol. The zero-order chi connectivity index (χ0) is 35.6. The van der Waals surface area contributed by atoms with Gasteiger partial charge in [-0.1, -0.05) is 58.4 Å². The second-order valence-electron chi connectivity index (χ2n) is 11.5. The molecule has 4 aromatic rings. The van der Waals surface area contributed by atoms with Gasteiger partial charge in [0, 0.05) is 29.5 Å². The third-order valence-electron chi connectivity index (χ3n) is 7.60. The van der Waals surface area contributed by atoms with Crippen LogP contribution in [-0.4, -0.2) is 64.6 Å². The molecule has 0 unspecified atom stereocenters. The quantitative estimate of drug-likeness (QED) is 0.145. The van der Waals surface area contributed by atoms with Crippen LogP contribution in [0, 0.1) is 0 Å². The molecule has 0 aliphatic heterocycles. The Morgan fingerprint density at radius 2 is 1.51 bits per heavy atom.